The number of carboxylic acid groups (broad SMARTS) is 2. The van der Waals surface area contributed by atoms with E-state index in [-0.39, 0.29) is 12.8 Å². The quantitative estimate of drug-likeness (QED) is 0.346. The molecule has 0 aromatic heterocycles. The van der Waals surface area contributed by atoms with Crippen LogP contribution >= 0.6 is 0 Å². The van der Waals surface area contributed by atoms with Crippen molar-refractivity contribution in [2.45, 2.75) is 12.8 Å². The van der Waals surface area contributed by atoms with Crippen molar-refractivity contribution < 1.29 is 19.8 Å². The van der Waals surface area contributed by atoms with Crippen molar-refractivity contribution in [2.75, 3.05) is 0 Å². The Hall–Kier alpha value is -3.66. The molecule has 0 aliphatic rings. The number of rotatable bonds is 4. The summed E-state index contributed by atoms with van der Waals surface area (Å²) >= 11 is 0. The Morgan fingerprint density at radius 2 is 1.14 bits per heavy atom. The molecule has 0 spiro atoms. The molecule has 0 unspecified atom stereocenters. The van der Waals surface area contributed by atoms with Gasteiger partial charge in [-0.05, 0) is 54.2 Å². The molecule has 0 aliphatic heterocycles. The molecule has 0 bridgehead atoms. The van der Waals surface area contributed by atoms with Gasteiger partial charge in [0, 0.05) is 0 Å². The fourth-order valence-electron chi connectivity index (χ4n) is 4.53. The lowest BCUT2D eigenvalue weighted by Gasteiger charge is -2.18. The van der Waals surface area contributed by atoms with Crippen LogP contribution in [0.3, 0.4) is 0 Å². The van der Waals surface area contributed by atoms with Crippen molar-refractivity contribution in [1.82, 2.24) is 0 Å². The van der Waals surface area contributed by atoms with E-state index >= 15 is 0 Å². The van der Waals surface area contributed by atoms with Gasteiger partial charge in [0.2, 0.25) is 0 Å². The number of carbonyl (C=O) groups is 2. The minimum Gasteiger partial charge on any atom is -0.481 e. The molecule has 0 heterocycles. The van der Waals surface area contributed by atoms with Crippen LogP contribution in [0.5, 0.6) is 0 Å². The summed E-state index contributed by atoms with van der Waals surface area (Å²) in [5.74, 6) is -1.86. The van der Waals surface area contributed by atoms with Crippen LogP contribution in [-0.2, 0) is 22.4 Å². The lowest BCUT2D eigenvalue weighted by atomic mass is 9.85. The number of benzene rings is 5. The predicted molar refractivity (Wildman–Crippen MR) is 110 cm³/mol. The first kappa shape index (κ1) is 16.5. The first-order valence-electron chi connectivity index (χ1n) is 9.08. The average molecular weight is 368 g/mol. The van der Waals surface area contributed by atoms with Crippen molar-refractivity contribution in [3.8, 4) is 0 Å². The summed E-state index contributed by atoms with van der Waals surface area (Å²) < 4.78 is 0. The van der Waals surface area contributed by atoms with Gasteiger partial charge in [0.1, 0.15) is 0 Å². The third-order valence-corrected chi connectivity index (χ3v) is 5.48. The Balaban J connectivity index is 2.10. The van der Waals surface area contributed by atoms with Crippen LogP contribution in [0.15, 0.2) is 60.7 Å². The lowest BCUT2D eigenvalue weighted by molar-refractivity contribution is -0.137. The van der Waals surface area contributed by atoms with Gasteiger partial charge in [-0.15, -0.1) is 0 Å². The maximum atomic E-state index is 11.6. The molecule has 4 nitrogen and oxygen atoms in total. The zero-order valence-corrected chi connectivity index (χ0v) is 14.9. The van der Waals surface area contributed by atoms with Crippen molar-refractivity contribution in [1.29, 1.82) is 0 Å². The first-order valence-corrected chi connectivity index (χ1v) is 9.08. The van der Waals surface area contributed by atoms with Gasteiger partial charge >= 0.3 is 11.9 Å². The lowest BCUT2D eigenvalue weighted by Crippen LogP contribution is -2.06. The average Bonchev–Trinajstić information content (AvgIpc) is 2.66. The monoisotopic (exact) mass is 368 g/mol. The Morgan fingerprint density at radius 3 is 1.82 bits per heavy atom. The Labute approximate surface area is 160 Å². The molecule has 5 aromatic rings. The summed E-state index contributed by atoms with van der Waals surface area (Å²) in [6.07, 6.45) is -0.288. The second-order valence-corrected chi connectivity index (χ2v) is 7.15. The minimum atomic E-state index is -0.930. The molecule has 136 valence electrons. The first-order chi connectivity index (χ1) is 13.5. The molecular weight excluding hydrogens is 352 g/mol. The molecular formula is C24H16O4. The maximum Gasteiger partial charge on any atom is 0.307 e. The fraction of sp³-hybridized carbons (Fsp3) is 0.0833. The van der Waals surface area contributed by atoms with E-state index in [0.717, 1.165) is 43.1 Å². The highest BCUT2D eigenvalue weighted by Gasteiger charge is 2.19. The van der Waals surface area contributed by atoms with E-state index in [2.05, 4.69) is 18.2 Å². The van der Waals surface area contributed by atoms with Gasteiger partial charge in [-0.25, -0.2) is 0 Å². The molecule has 0 aliphatic carbocycles. The van der Waals surface area contributed by atoms with Gasteiger partial charge in [0.25, 0.3) is 0 Å². The van der Waals surface area contributed by atoms with E-state index in [1.165, 1.54) is 0 Å². The summed E-state index contributed by atoms with van der Waals surface area (Å²) in [4.78, 5) is 23.0. The van der Waals surface area contributed by atoms with Crippen LogP contribution < -0.4 is 0 Å². The molecule has 5 aromatic carbocycles. The Bertz CT molecular complexity index is 1410. The topological polar surface area (TPSA) is 74.6 Å². The minimum absolute atomic E-state index is 0.140. The largest absolute Gasteiger partial charge is 0.481 e. The van der Waals surface area contributed by atoms with Crippen LogP contribution in [0.2, 0.25) is 0 Å². The number of fused-ring (bicyclic) bond motifs is 2. The highest BCUT2D eigenvalue weighted by Crippen LogP contribution is 2.42. The van der Waals surface area contributed by atoms with Gasteiger partial charge in [-0.2, -0.15) is 0 Å². The molecule has 0 saturated heterocycles. The van der Waals surface area contributed by atoms with Gasteiger partial charge in [0.15, 0.2) is 0 Å². The molecule has 0 radical (unpaired) electrons. The predicted octanol–water partition coefficient (Wildman–Crippen LogP) is 4.99. The van der Waals surface area contributed by atoms with Crippen molar-refractivity contribution in [3.05, 3.63) is 71.8 Å². The molecule has 0 amide bonds. The van der Waals surface area contributed by atoms with E-state index in [9.17, 15) is 19.8 Å². The smallest absolute Gasteiger partial charge is 0.307 e. The normalized spacial score (nSPS) is 11.7. The number of aliphatic carboxylic acids is 2. The van der Waals surface area contributed by atoms with Crippen LogP contribution in [0.1, 0.15) is 11.1 Å². The summed E-state index contributed by atoms with van der Waals surface area (Å²) in [6, 6.07) is 19.9. The van der Waals surface area contributed by atoms with Gasteiger partial charge in [-0.3, -0.25) is 9.59 Å². The van der Waals surface area contributed by atoms with Crippen molar-refractivity contribution in [3.63, 3.8) is 0 Å². The molecule has 28 heavy (non-hydrogen) atoms. The highest BCUT2D eigenvalue weighted by molar-refractivity contribution is 6.34. The van der Waals surface area contributed by atoms with E-state index in [1.807, 2.05) is 36.4 Å². The van der Waals surface area contributed by atoms with E-state index in [0.29, 0.717) is 11.1 Å². The molecule has 0 fully saturated rings. The highest BCUT2D eigenvalue weighted by atomic mass is 16.4. The molecule has 4 heteroatoms. The number of hydrogen-bond donors (Lipinski definition) is 2. The zero-order chi connectivity index (χ0) is 19.4. The zero-order valence-electron chi connectivity index (χ0n) is 14.9. The van der Waals surface area contributed by atoms with E-state index in [1.54, 1.807) is 6.07 Å². The molecule has 0 saturated carbocycles. The Kier molecular flexibility index (Phi) is 3.49. The van der Waals surface area contributed by atoms with Crippen LogP contribution in [0, 0.1) is 0 Å². The van der Waals surface area contributed by atoms with Crippen LogP contribution in [-0.4, -0.2) is 22.2 Å². The molecule has 0 atom stereocenters. The summed E-state index contributed by atoms with van der Waals surface area (Å²) in [5, 5.41) is 26.9. The van der Waals surface area contributed by atoms with Crippen molar-refractivity contribution >= 4 is 55.0 Å². The Morgan fingerprint density at radius 1 is 0.607 bits per heavy atom. The van der Waals surface area contributed by atoms with Gasteiger partial charge < -0.3 is 10.2 Å². The molecule has 2 N–H and O–H groups in total. The second-order valence-electron chi connectivity index (χ2n) is 7.15. The van der Waals surface area contributed by atoms with Crippen molar-refractivity contribution in [2.24, 2.45) is 0 Å². The summed E-state index contributed by atoms with van der Waals surface area (Å²) in [7, 11) is 0. The summed E-state index contributed by atoms with van der Waals surface area (Å²) in [6.45, 7) is 0. The SMILES string of the molecule is O=C(O)Cc1cc(CC(=O)O)c2c3cccc4cccc(c5cccc1c52)c43. The standard InChI is InChI=1S/C24H16O4/c25-20(26)11-14-10-15(12-21(27)28)23-19-9-2-5-13-4-1-7-17(22(13)19)18-8-3-6-16(14)24(18)23/h1-10H,11-12H2,(H,25,26)(H,27,28). The summed E-state index contributed by atoms with van der Waals surface area (Å²) in [5.41, 5.74) is 1.31. The van der Waals surface area contributed by atoms with Gasteiger partial charge in [-0.1, -0.05) is 60.7 Å². The van der Waals surface area contributed by atoms with Crippen LogP contribution in [0.4, 0.5) is 0 Å². The maximum absolute atomic E-state index is 11.6. The molecule has 5 rings (SSSR count). The second kappa shape index (κ2) is 5.92. The number of hydrogen-bond acceptors (Lipinski definition) is 2. The fourth-order valence-corrected chi connectivity index (χ4v) is 4.53. The van der Waals surface area contributed by atoms with E-state index in [4.69, 9.17) is 0 Å². The third-order valence-electron chi connectivity index (χ3n) is 5.48. The van der Waals surface area contributed by atoms with Crippen LogP contribution in [0.25, 0.3) is 43.1 Å². The van der Waals surface area contributed by atoms with Gasteiger partial charge in [0.05, 0.1) is 12.8 Å². The third kappa shape index (κ3) is 2.31. The van der Waals surface area contributed by atoms with E-state index < -0.39 is 11.9 Å². The number of carboxylic acids is 2.